The molecule has 13 heavy (non-hydrogen) atoms. The number of nitrogens with zero attached hydrogens (tertiary/aromatic N) is 2. The average molecular weight is 205 g/mol. The van der Waals surface area contributed by atoms with Crippen LogP contribution in [0, 0.1) is 5.92 Å². The summed E-state index contributed by atoms with van der Waals surface area (Å²) in [6, 6.07) is 0.193. The third-order valence-electron chi connectivity index (χ3n) is 1.69. The molecule has 0 saturated heterocycles. The molecule has 1 heterocycles. The second kappa shape index (κ2) is 5.94. The minimum Gasteiger partial charge on any atom is -0.327 e. The van der Waals surface area contributed by atoms with E-state index in [1.54, 1.807) is 0 Å². The molecule has 1 rings (SSSR count). The van der Waals surface area contributed by atoms with Crippen molar-refractivity contribution in [1.82, 2.24) is 15.2 Å². The molecular formula is C8H17ClN4. The molecule has 3 N–H and O–H groups in total. The molecule has 0 radical (unpaired) electrons. The minimum atomic E-state index is 0. The van der Waals surface area contributed by atoms with Gasteiger partial charge in [-0.2, -0.15) is 5.10 Å². The minimum absolute atomic E-state index is 0. The Morgan fingerprint density at radius 3 is 2.69 bits per heavy atom. The quantitative estimate of drug-likeness (QED) is 0.773. The Bertz CT molecular complexity index is 210. The molecule has 0 saturated carbocycles. The predicted molar refractivity (Wildman–Crippen MR) is 54.8 cm³/mol. The number of nitrogens with two attached hydrogens (primary N) is 1. The molecule has 4 nitrogen and oxygen atoms in total. The van der Waals surface area contributed by atoms with E-state index in [0.717, 1.165) is 18.7 Å². The van der Waals surface area contributed by atoms with Gasteiger partial charge in [-0.15, -0.1) is 12.4 Å². The van der Waals surface area contributed by atoms with E-state index in [2.05, 4.69) is 29.0 Å². The molecule has 0 unspecified atom stereocenters. The highest BCUT2D eigenvalue weighted by molar-refractivity contribution is 5.85. The van der Waals surface area contributed by atoms with Gasteiger partial charge in [-0.05, 0) is 12.3 Å². The van der Waals surface area contributed by atoms with Gasteiger partial charge < -0.3 is 5.73 Å². The van der Waals surface area contributed by atoms with E-state index in [0.29, 0.717) is 5.92 Å². The van der Waals surface area contributed by atoms with Crippen molar-refractivity contribution < 1.29 is 0 Å². The van der Waals surface area contributed by atoms with Gasteiger partial charge in [-0.3, -0.25) is 5.10 Å². The summed E-state index contributed by atoms with van der Waals surface area (Å²) in [6.45, 7) is 4.33. The maximum Gasteiger partial charge on any atom is 0.137 e. The molecule has 0 spiro atoms. The predicted octanol–water partition coefficient (Wildman–Crippen LogP) is 1.14. The zero-order chi connectivity index (χ0) is 8.97. The Morgan fingerprint density at radius 2 is 2.23 bits per heavy atom. The molecular weight excluding hydrogens is 188 g/mol. The summed E-state index contributed by atoms with van der Waals surface area (Å²) in [5.41, 5.74) is 5.88. The average Bonchev–Trinajstić information content (AvgIpc) is 2.37. The number of hydrogen-bond donors (Lipinski definition) is 2. The summed E-state index contributed by atoms with van der Waals surface area (Å²) >= 11 is 0. The molecule has 1 aromatic heterocycles. The number of hydrogen-bond acceptors (Lipinski definition) is 3. The molecule has 0 bridgehead atoms. The molecule has 0 amide bonds. The number of nitrogens with one attached hydrogen (secondary N) is 1. The van der Waals surface area contributed by atoms with E-state index in [1.807, 2.05) is 0 Å². The zero-order valence-corrected chi connectivity index (χ0v) is 8.84. The van der Waals surface area contributed by atoms with Crippen molar-refractivity contribution in [3.8, 4) is 0 Å². The van der Waals surface area contributed by atoms with Crippen molar-refractivity contribution in [2.75, 3.05) is 0 Å². The number of rotatable bonds is 4. The fourth-order valence-corrected chi connectivity index (χ4v) is 1.27. The summed E-state index contributed by atoms with van der Waals surface area (Å²) in [5.74, 6) is 1.52. The summed E-state index contributed by atoms with van der Waals surface area (Å²) in [5, 5.41) is 6.56. The number of aromatic nitrogens is 3. The van der Waals surface area contributed by atoms with Gasteiger partial charge in [-0.1, -0.05) is 13.8 Å². The van der Waals surface area contributed by atoms with Crippen molar-refractivity contribution in [2.45, 2.75) is 32.7 Å². The van der Waals surface area contributed by atoms with Crippen LogP contribution >= 0.6 is 12.4 Å². The van der Waals surface area contributed by atoms with Crippen molar-refractivity contribution in [3.05, 3.63) is 12.2 Å². The molecule has 76 valence electrons. The van der Waals surface area contributed by atoms with Gasteiger partial charge in [0.1, 0.15) is 12.2 Å². The maximum atomic E-state index is 5.88. The van der Waals surface area contributed by atoms with E-state index < -0.39 is 0 Å². The molecule has 0 fully saturated rings. The highest BCUT2D eigenvalue weighted by Gasteiger charge is 2.07. The van der Waals surface area contributed by atoms with Crippen LogP contribution in [0.25, 0.3) is 0 Å². The summed E-state index contributed by atoms with van der Waals surface area (Å²) < 4.78 is 0. The van der Waals surface area contributed by atoms with Gasteiger partial charge in [0.2, 0.25) is 0 Å². The van der Waals surface area contributed by atoms with E-state index in [9.17, 15) is 0 Å². The Morgan fingerprint density at radius 1 is 1.54 bits per heavy atom. The van der Waals surface area contributed by atoms with Crippen molar-refractivity contribution in [3.63, 3.8) is 0 Å². The Kier molecular flexibility index (Phi) is 5.66. The lowest BCUT2D eigenvalue weighted by Gasteiger charge is -2.11. The molecule has 1 atom stereocenters. The van der Waals surface area contributed by atoms with Gasteiger partial charge >= 0.3 is 0 Å². The van der Waals surface area contributed by atoms with Crippen molar-refractivity contribution >= 4 is 12.4 Å². The highest BCUT2D eigenvalue weighted by Crippen LogP contribution is 2.05. The molecule has 1 aromatic rings. The van der Waals surface area contributed by atoms with Crippen LogP contribution in [0.4, 0.5) is 0 Å². The third-order valence-corrected chi connectivity index (χ3v) is 1.69. The smallest absolute Gasteiger partial charge is 0.137 e. The SMILES string of the molecule is CC(C)C[C@H](N)Cc1ncn[nH]1.Cl. The first-order chi connectivity index (χ1) is 5.68. The zero-order valence-electron chi connectivity index (χ0n) is 8.03. The van der Waals surface area contributed by atoms with Crippen LogP contribution in [0.3, 0.4) is 0 Å². The van der Waals surface area contributed by atoms with Crippen LogP contribution in [0.5, 0.6) is 0 Å². The van der Waals surface area contributed by atoms with Crippen LogP contribution in [-0.4, -0.2) is 21.2 Å². The molecule has 0 aliphatic carbocycles. The Balaban J connectivity index is 0.00000144. The molecule has 0 aliphatic rings. The van der Waals surface area contributed by atoms with Gasteiger partial charge in [0.05, 0.1) is 0 Å². The first-order valence-corrected chi connectivity index (χ1v) is 4.28. The Labute approximate surface area is 84.7 Å². The maximum absolute atomic E-state index is 5.88. The largest absolute Gasteiger partial charge is 0.327 e. The third kappa shape index (κ3) is 4.85. The van der Waals surface area contributed by atoms with E-state index in [1.165, 1.54) is 6.33 Å². The van der Waals surface area contributed by atoms with Gasteiger partial charge in [0.15, 0.2) is 0 Å². The van der Waals surface area contributed by atoms with E-state index in [4.69, 9.17) is 5.73 Å². The summed E-state index contributed by atoms with van der Waals surface area (Å²) in [7, 11) is 0. The first-order valence-electron chi connectivity index (χ1n) is 4.28. The van der Waals surface area contributed by atoms with Crippen LogP contribution in [0.15, 0.2) is 6.33 Å². The number of H-pyrrole nitrogens is 1. The number of halogens is 1. The van der Waals surface area contributed by atoms with Crippen LogP contribution in [0.1, 0.15) is 26.1 Å². The summed E-state index contributed by atoms with van der Waals surface area (Å²) in [4.78, 5) is 4.02. The fourth-order valence-electron chi connectivity index (χ4n) is 1.27. The van der Waals surface area contributed by atoms with E-state index in [-0.39, 0.29) is 18.4 Å². The second-order valence-electron chi connectivity index (χ2n) is 3.53. The number of aromatic amines is 1. The van der Waals surface area contributed by atoms with Gasteiger partial charge in [0, 0.05) is 12.5 Å². The van der Waals surface area contributed by atoms with Gasteiger partial charge in [-0.25, -0.2) is 4.98 Å². The van der Waals surface area contributed by atoms with Crippen molar-refractivity contribution in [1.29, 1.82) is 0 Å². The Hall–Kier alpha value is -0.610. The summed E-state index contributed by atoms with van der Waals surface area (Å²) in [6.07, 6.45) is 3.33. The highest BCUT2D eigenvalue weighted by atomic mass is 35.5. The first kappa shape index (κ1) is 12.4. The normalized spacial score (nSPS) is 12.6. The second-order valence-corrected chi connectivity index (χ2v) is 3.53. The molecule has 5 heteroatoms. The molecule has 0 aromatic carbocycles. The van der Waals surface area contributed by atoms with Crippen molar-refractivity contribution in [2.24, 2.45) is 11.7 Å². The lowest BCUT2D eigenvalue weighted by Crippen LogP contribution is -2.25. The molecule has 0 aliphatic heterocycles. The lowest BCUT2D eigenvalue weighted by atomic mass is 10.0. The van der Waals surface area contributed by atoms with E-state index >= 15 is 0 Å². The monoisotopic (exact) mass is 204 g/mol. The lowest BCUT2D eigenvalue weighted by molar-refractivity contribution is 0.487. The van der Waals surface area contributed by atoms with Crippen LogP contribution < -0.4 is 5.73 Å². The standard InChI is InChI=1S/C8H16N4.ClH/c1-6(2)3-7(9)4-8-10-5-11-12-8;/h5-7H,3-4,9H2,1-2H3,(H,10,11,12);1H/t7-;/m0./s1. The van der Waals surface area contributed by atoms with Crippen LogP contribution in [0.2, 0.25) is 0 Å². The fraction of sp³-hybridized carbons (Fsp3) is 0.750. The van der Waals surface area contributed by atoms with Gasteiger partial charge in [0.25, 0.3) is 0 Å². The van der Waals surface area contributed by atoms with Crippen LogP contribution in [-0.2, 0) is 6.42 Å². The topological polar surface area (TPSA) is 67.6 Å².